The van der Waals surface area contributed by atoms with E-state index in [1.165, 1.54) is 12.3 Å². The van der Waals surface area contributed by atoms with Crippen molar-refractivity contribution in [2.75, 3.05) is 5.32 Å². The number of amides is 1. The molecule has 0 saturated heterocycles. The minimum Gasteiger partial charge on any atom is -0.504 e. The Hall–Kier alpha value is -2.37. The van der Waals surface area contributed by atoms with Crippen LogP contribution in [-0.4, -0.2) is 25.8 Å². The minimum absolute atomic E-state index is 0.0434. The van der Waals surface area contributed by atoms with Crippen molar-refractivity contribution in [2.24, 2.45) is 0 Å². The number of pyridine rings is 1. The lowest BCUT2D eigenvalue weighted by molar-refractivity contribution is 0.102. The Morgan fingerprint density at radius 3 is 2.95 bits per heavy atom. The van der Waals surface area contributed by atoms with Crippen LogP contribution in [-0.2, 0) is 0 Å². The monoisotopic (exact) mass is 300 g/mol. The molecule has 2 N–H and O–H groups in total. The van der Waals surface area contributed by atoms with E-state index < -0.39 is 0 Å². The second kappa shape index (κ2) is 5.79. The lowest BCUT2D eigenvalue weighted by Crippen LogP contribution is -2.16. The third-order valence-corrected chi connectivity index (χ3v) is 4.07. The maximum atomic E-state index is 12.5. The number of aromatic hydroxyl groups is 1. The summed E-state index contributed by atoms with van der Waals surface area (Å²) in [6.45, 7) is 4.21. The van der Waals surface area contributed by atoms with Crippen molar-refractivity contribution in [3.8, 4) is 5.75 Å². The van der Waals surface area contributed by atoms with Gasteiger partial charge in [-0.05, 0) is 38.3 Å². The zero-order valence-corrected chi connectivity index (χ0v) is 12.8. The zero-order valence-electron chi connectivity index (χ0n) is 12.8. The fourth-order valence-electron chi connectivity index (χ4n) is 2.50. The molecule has 1 aliphatic rings. The van der Waals surface area contributed by atoms with Crippen molar-refractivity contribution in [1.29, 1.82) is 0 Å². The maximum Gasteiger partial charge on any atom is 0.260 e. The smallest absolute Gasteiger partial charge is 0.260 e. The molecule has 0 aliphatic heterocycles. The molecular weight excluding hydrogens is 280 g/mol. The molecule has 0 radical (unpaired) electrons. The molecule has 6 heteroatoms. The molecule has 116 valence electrons. The second-order valence-corrected chi connectivity index (χ2v) is 5.74. The Labute approximate surface area is 129 Å². The van der Waals surface area contributed by atoms with Crippen LogP contribution in [0.4, 0.5) is 5.82 Å². The van der Waals surface area contributed by atoms with E-state index in [4.69, 9.17) is 0 Å². The van der Waals surface area contributed by atoms with Gasteiger partial charge in [-0.2, -0.15) is 5.10 Å². The number of anilines is 1. The molecule has 0 aromatic carbocycles. The van der Waals surface area contributed by atoms with Gasteiger partial charge in [0.25, 0.3) is 5.91 Å². The first-order chi connectivity index (χ1) is 10.6. The van der Waals surface area contributed by atoms with E-state index >= 15 is 0 Å². The molecule has 2 aromatic heterocycles. The highest BCUT2D eigenvalue weighted by atomic mass is 16.3. The van der Waals surface area contributed by atoms with E-state index in [1.807, 2.05) is 4.68 Å². The van der Waals surface area contributed by atoms with Crippen LogP contribution < -0.4 is 5.32 Å². The van der Waals surface area contributed by atoms with Gasteiger partial charge >= 0.3 is 0 Å². The number of hydrogen-bond donors (Lipinski definition) is 2. The van der Waals surface area contributed by atoms with Gasteiger partial charge in [-0.15, -0.1) is 0 Å². The maximum absolute atomic E-state index is 12.5. The highest BCUT2D eigenvalue weighted by molar-refractivity contribution is 6.05. The second-order valence-electron chi connectivity index (χ2n) is 5.74. The number of nitrogens with zero attached hydrogens (tertiary/aromatic N) is 3. The average molecular weight is 300 g/mol. The van der Waals surface area contributed by atoms with Gasteiger partial charge < -0.3 is 10.4 Å². The summed E-state index contributed by atoms with van der Waals surface area (Å²) in [5.41, 5.74) is 1.58. The quantitative estimate of drug-likeness (QED) is 0.889. The fraction of sp³-hybridized carbons (Fsp3) is 0.438. The molecule has 2 aromatic rings. The SMILES string of the molecule is CCC(C)n1ncc(C(=O)Nc2ncccc2O)c1C1CC1. The van der Waals surface area contributed by atoms with E-state index in [2.05, 4.69) is 29.2 Å². The zero-order chi connectivity index (χ0) is 15.7. The predicted octanol–water partition coefficient (Wildman–Crippen LogP) is 3.08. The fourth-order valence-corrected chi connectivity index (χ4v) is 2.50. The van der Waals surface area contributed by atoms with Crippen molar-refractivity contribution in [3.05, 3.63) is 35.8 Å². The van der Waals surface area contributed by atoms with Crippen molar-refractivity contribution < 1.29 is 9.90 Å². The molecule has 2 heterocycles. The van der Waals surface area contributed by atoms with Crippen LogP contribution in [0, 0.1) is 0 Å². The van der Waals surface area contributed by atoms with Crippen LogP contribution in [0.5, 0.6) is 5.75 Å². The molecular formula is C16H20N4O2. The van der Waals surface area contributed by atoms with Crippen LogP contribution in [0.2, 0.25) is 0 Å². The summed E-state index contributed by atoms with van der Waals surface area (Å²) in [6, 6.07) is 3.37. The van der Waals surface area contributed by atoms with Crippen molar-refractivity contribution in [3.63, 3.8) is 0 Å². The normalized spacial score (nSPS) is 15.5. The molecule has 3 rings (SSSR count). The molecule has 1 saturated carbocycles. The van der Waals surface area contributed by atoms with Crippen LogP contribution in [0.15, 0.2) is 24.5 Å². The summed E-state index contributed by atoms with van der Waals surface area (Å²) in [7, 11) is 0. The summed E-state index contributed by atoms with van der Waals surface area (Å²) in [5.74, 6) is 0.267. The van der Waals surface area contributed by atoms with E-state index in [9.17, 15) is 9.90 Å². The van der Waals surface area contributed by atoms with Gasteiger partial charge in [-0.3, -0.25) is 9.48 Å². The molecule has 22 heavy (non-hydrogen) atoms. The first-order valence-corrected chi connectivity index (χ1v) is 7.64. The van der Waals surface area contributed by atoms with Gasteiger partial charge in [-0.1, -0.05) is 6.92 Å². The summed E-state index contributed by atoms with van der Waals surface area (Å²) >= 11 is 0. The van der Waals surface area contributed by atoms with E-state index in [0.29, 0.717) is 11.5 Å². The lowest BCUT2D eigenvalue weighted by atomic mass is 10.1. The summed E-state index contributed by atoms with van der Waals surface area (Å²) in [6.07, 6.45) is 6.30. The van der Waals surface area contributed by atoms with Gasteiger partial charge in [-0.25, -0.2) is 4.98 Å². The van der Waals surface area contributed by atoms with E-state index in [-0.39, 0.29) is 23.5 Å². The third-order valence-electron chi connectivity index (χ3n) is 4.07. The van der Waals surface area contributed by atoms with Crippen molar-refractivity contribution >= 4 is 11.7 Å². The predicted molar refractivity (Wildman–Crippen MR) is 83.1 cm³/mol. The Balaban J connectivity index is 1.90. The van der Waals surface area contributed by atoms with Crippen molar-refractivity contribution in [1.82, 2.24) is 14.8 Å². The van der Waals surface area contributed by atoms with Gasteiger partial charge in [0, 0.05) is 18.2 Å². The number of aromatic nitrogens is 3. The highest BCUT2D eigenvalue weighted by Crippen LogP contribution is 2.42. The van der Waals surface area contributed by atoms with Crippen LogP contribution in [0.1, 0.15) is 61.1 Å². The average Bonchev–Trinajstić information content (AvgIpc) is 3.26. The van der Waals surface area contributed by atoms with Gasteiger partial charge in [0.1, 0.15) is 0 Å². The Kier molecular flexibility index (Phi) is 3.83. The Morgan fingerprint density at radius 1 is 1.55 bits per heavy atom. The molecule has 6 nitrogen and oxygen atoms in total. The molecule has 1 unspecified atom stereocenters. The van der Waals surface area contributed by atoms with Crippen molar-refractivity contribution in [2.45, 2.75) is 45.1 Å². The first kappa shape index (κ1) is 14.6. The summed E-state index contributed by atoms with van der Waals surface area (Å²) < 4.78 is 1.96. The third kappa shape index (κ3) is 2.68. The molecule has 1 fully saturated rings. The summed E-state index contributed by atoms with van der Waals surface area (Å²) in [5, 5.41) is 16.8. The topological polar surface area (TPSA) is 80.0 Å². The van der Waals surface area contributed by atoms with Crippen LogP contribution in [0.3, 0.4) is 0 Å². The van der Waals surface area contributed by atoms with Crippen LogP contribution in [0.25, 0.3) is 0 Å². The van der Waals surface area contributed by atoms with E-state index in [1.54, 1.807) is 12.3 Å². The Morgan fingerprint density at radius 2 is 2.32 bits per heavy atom. The number of carbonyl (C=O) groups excluding carboxylic acids is 1. The standard InChI is InChI=1S/C16H20N4O2/c1-3-10(2)20-14(11-6-7-11)12(9-18-20)16(22)19-15-13(21)5-4-8-17-15/h4-5,8-11,21H,3,6-7H2,1-2H3,(H,17,19,22). The molecule has 0 bridgehead atoms. The number of nitrogens with one attached hydrogen (secondary N) is 1. The Bertz CT molecular complexity index is 691. The number of rotatable bonds is 5. The molecule has 0 spiro atoms. The van der Waals surface area contributed by atoms with Gasteiger partial charge in [0.2, 0.25) is 0 Å². The highest BCUT2D eigenvalue weighted by Gasteiger charge is 2.33. The largest absolute Gasteiger partial charge is 0.504 e. The van der Waals surface area contributed by atoms with Gasteiger partial charge in [0.15, 0.2) is 11.6 Å². The first-order valence-electron chi connectivity index (χ1n) is 7.64. The van der Waals surface area contributed by atoms with Gasteiger partial charge in [0.05, 0.1) is 17.5 Å². The number of carbonyl (C=O) groups is 1. The minimum atomic E-state index is -0.273. The van der Waals surface area contributed by atoms with Crippen LogP contribution >= 0.6 is 0 Å². The molecule has 1 aliphatic carbocycles. The van der Waals surface area contributed by atoms with E-state index in [0.717, 1.165) is 25.0 Å². The summed E-state index contributed by atoms with van der Waals surface area (Å²) in [4.78, 5) is 16.5. The molecule has 1 atom stereocenters. The molecule has 1 amide bonds. The number of hydrogen-bond acceptors (Lipinski definition) is 4. The lowest BCUT2D eigenvalue weighted by Gasteiger charge is -2.14.